The van der Waals surface area contributed by atoms with Gasteiger partial charge in [0.25, 0.3) is 5.91 Å². The normalized spacial score (nSPS) is 28.2. The van der Waals surface area contributed by atoms with Gasteiger partial charge in [-0.15, -0.1) is 0 Å². The number of benzene rings is 1. The molecule has 0 unspecified atom stereocenters. The van der Waals surface area contributed by atoms with Crippen LogP contribution in [0.3, 0.4) is 0 Å². The molecule has 4 rings (SSSR count). The molecule has 0 saturated carbocycles. The van der Waals surface area contributed by atoms with Crippen molar-refractivity contribution in [3.8, 4) is 0 Å². The molecule has 31 heteroatoms. The molecule has 105 heavy (non-hydrogen) atoms. The Balaban J connectivity index is 2.00. The van der Waals surface area contributed by atoms with Crippen molar-refractivity contribution in [1.29, 1.82) is 0 Å². The second-order valence-electron chi connectivity index (χ2n) is 32.0. The molecule has 0 spiro atoms. The zero-order valence-electron chi connectivity index (χ0n) is 67.0. The monoisotopic (exact) mass is 1480 g/mol. The molecule has 3 aliphatic heterocycles. The fourth-order valence-corrected chi connectivity index (χ4v) is 14.7. The van der Waals surface area contributed by atoms with E-state index >= 15 is 43.2 Å². The largest absolute Gasteiger partial charge is 0.462 e. The number of esters is 1. The molecule has 12 amide bonds. The Bertz CT molecular complexity index is 3350. The third-order valence-corrected chi connectivity index (χ3v) is 21.3. The SMILES string of the molecule is CC[C@H](C)[C@@H]1NC(=O)[C@H](C(C)C)N(C)C(=O)[C@@H]2C[C@@]3(O)c4ccccc4N[C@H]3N2C(=O)CN(C)C(=O)[C@H]([C@@H](C)CC)N(C)C(=O)[C@H](C(C)C)NC(=O)[C@@H](O)N(C)C(=O)[C@H]([C@@H](C)[C@H](C)OC(=O)CC(C)(C)O)N(C)C(=O)[C@H](C(C)(C)O)N(C)C(=O)CN(C)C(=O)[C@H](C(C)C)N(C)C(=O)[C@H](C(C)C)N(C)C1=O. The fourth-order valence-electron chi connectivity index (χ4n) is 14.7. The zero-order chi connectivity index (χ0) is 80.8. The Morgan fingerprint density at radius 1 is 0.514 bits per heavy atom. The molecule has 0 radical (unpaired) electrons. The first kappa shape index (κ1) is 89.4. The summed E-state index contributed by atoms with van der Waals surface area (Å²) < 4.78 is 5.70. The number of likely N-dealkylation sites (N-methyl/N-ethyl adjacent to an activating group) is 9. The minimum absolute atomic E-state index is 0.295. The van der Waals surface area contributed by atoms with Gasteiger partial charge in [0.1, 0.15) is 72.2 Å². The maximum Gasteiger partial charge on any atom is 0.308 e. The lowest BCUT2D eigenvalue weighted by molar-refractivity contribution is -0.168. The van der Waals surface area contributed by atoms with E-state index in [9.17, 15) is 39.6 Å². The van der Waals surface area contributed by atoms with Crippen LogP contribution in [0.2, 0.25) is 0 Å². The molecule has 3 heterocycles. The summed E-state index contributed by atoms with van der Waals surface area (Å²) in [6.45, 7) is 26.7. The van der Waals surface area contributed by atoms with E-state index in [-0.39, 0.29) is 6.42 Å². The second-order valence-corrected chi connectivity index (χ2v) is 32.0. The van der Waals surface area contributed by atoms with Gasteiger partial charge in [0.2, 0.25) is 71.2 Å². The van der Waals surface area contributed by atoms with Crippen molar-refractivity contribution in [2.45, 2.75) is 240 Å². The Kier molecular flexibility index (Phi) is 30.3. The number of fused-ring (bicyclic) bond motifs is 5. The molecular weight excluding hydrogens is 1360 g/mol. The van der Waals surface area contributed by atoms with E-state index in [4.69, 9.17) is 4.74 Å². The molecule has 16 atom stereocenters. The molecule has 1 aromatic carbocycles. The van der Waals surface area contributed by atoms with E-state index in [1.54, 1.807) is 107 Å². The molecule has 0 aliphatic carbocycles. The summed E-state index contributed by atoms with van der Waals surface area (Å²) in [6.07, 6.45) is -5.24. The number of nitrogens with one attached hydrogen (secondary N) is 3. The van der Waals surface area contributed by atoms with Crippen LogP contribution >= 0.6 is 0 Å². The van der Waals surface area contributed by atoms with Crippen molar-refractivity contribution in [3.63, 3.8) is 0 Å². The first-order chi connectivity index (χ1) is 48.2. The first-order valence-corrected chi connectivity index (χ1v) is 36.4. The summed E-state index contributed by atoms with van der Waals surface area (Å²) in [4.78, 5) is 205. The number of para-hydroxylation sites is 1. The minimum Gasteiger partial charge on any atom is -0.462 e. The van der Waals surface area contributed by atoms with Gasteiger partial charge >= 0.3 is 5.97 Å². The number of amides is 12. The molecule has 2 saturated heterocycles. The standard InChI is InChI=1S/C74H123N13O18/c1-28-42(11)53-64(95)82(23)56(41(9)10)67(98)83(24)55(40(7)8)65(96)78(19)36-49(88)80(21)59(73(17,18)103)69(100)85(26)58(44(13)45(14)105-51(90)35-72(15,16)102)68(99)86(27)70(101)61(92)76-52(38(3)4)63(94)84(25)57(43(12)29-2)66(97)79(20)37-50(89)87-48(62(93)81(22)54(39(5)6)60(91)77-53)34-74(104)46-32-30-31-33-47(46)75-71(74)87/h30-33,38-45,48,52-59,70-71,75,101-104H,28-29,34-37H2,1-27H3,(H,76,92)(H,77,91)/t42-,43-,44-,45-,48-,52-,53-,54-,55-,56-,57-,58-,59+,70+,71-,74+/m0/s1. The third-order valence-electron chi connectivity index (χ3n) is 21.3. The molecule has 2 fully saturated rings. The highest BCUT2D eigenvalue weighted by molar-refractivity contribution is 6.00. The number of carbonyl (C=O) groups is 13. The minimum atomic E-state index is -2.44. The zero-order valence-corrected chi connectivity index (χ0v) is 67.0. The van der Waals surface area contributed by atoms with Gasteiger partial charge in [0.05, 0.1) is 30.7 Å². The summed E-state index contributed by atoms with van der Waals surface area (Å²) in [7, 11) is 11.5. The number of hydrogen-bond donors (Lipinski definition) is 7. The number of aliphatic hydroxyl groups excluding tert-OH is 1. The average molecular weight is 1480 g/mol. The van der Waals surface area contributed by atoms with E-state index < -0.39 is 227 Å². The van der Waals surface area contributed by atoms with E-state index in [1.165, 1.54) is 101 Å². The summed E-state index contributed by atoms with van der Waals surface area (Å²) in [5.74, 6) is -16.6. The maximum atomic E-state index is 15.5. The van der Waals surface area contributed by atoms with E-state index in [0.29, 0.717) is 29.0 Å². The van der Waals surface area contributed by atoms with Crippen molar-refractivity contribution in [3.05, 3.63) is 29.8 Å². The smallest absolute Gasteiger partial charge is 0.308 e. The van der Waals surface area contributed by atoms with Crippen LogP contribution in [0.5, 0.6) is 0 Å². The molecule has 7 N–H and O–H groups in total. The summed E-state index contributed by atoms with van der Waals surface area (Å²) in [5, 5.41) is 55.8. The molecule has 31 nitrogen and oxygen atoms in total. The van der Waals surface area contributed by atoms with Crippen LogP contribution in [-0.4, -0.2) is 307 Å². The maximum absolute atomic E-state index is 15.5. The molecule has 1 aromatic rings. The summed E-state index contributed by atoms with van der Waals surface area (Å²) in [5.41, 5.74) is -4.74. The highest BCUT2D eigenvalue weighted by Crippen LogP contribution is 2.50. The lowest BCUT2D eigenvalue weighted by Gasteiger charge is -2.43. The van der Waals surface area contributed by atoms with Crippen molar-refractivity contribution >= 4 is 82.5 Å². The van der Waals surface area contributed by atoms with E-state index in [0.717, 1.165) is 48.4 Å². The first-order valence-electron chi connectivity index (χ1n) is 36.4. The highest BCUT2D eigenvalue weighted by Gasteiger charge is 2.61. The third kappa shape index (κ3) is 19.8. The molecule has 3 aliphatic rings. The predicted octanol–water partition coefficient (Wildman–Crippen LogP) is 1.08. The topological polar surface area (TPSA) is 381 Å². The van der Waals surface area contributed by atoms with Crippen molar-refractivity contribution < 1.29 is 87.5 Å². The Morgan fingerprint density at radius 3 is 1.45 bits per heavy atom. The van der Waals surface area contributed by atoms with Crippen LogP contribution in [0.1, 0.15) is 156 Å². The van der Waals surface area contributed by atoms with E-state index in [1.807, 2.05) is 0 Å². The van der Waals surface area contributed by atoms with Gasteiger partial charge in [0, 0.05) is 87.0 Å². The summed E-state index contributed by atoms with van der Waals surface area (Å²) >= 11 is 0. The predicted molar refractivity (Wildman–Crippen MR) is 390 cm³/mol. The Hall–Kier alpha value is -8.03. The number of ether oxygens (including phenoxy) is 1. The number of hydrogen-bond acceptors (Lipinski definition) is 19. The van der Waals surface area contributed by atoms with Crippen LogP contribution in [0.25, 0.3) is 0 Å². The fraction of sp³-hybridized carbons (Fsp3) is 0.743. The lowest BCUT2D eigenvalue weighted by atomic mass is 9.90. The van der Waals surface area contributed by atoms with Crippen LogP contribution in [0.15, 0.2) is 24.3 Å². The van der Waals surface area contributed by atoms with Crippen LogP contribution in [0, 0.1) is 41.4 Å². The van der Waals surface area contributed by atoms with Gasteiger partial charge in [-0.2, -0.15) is 0 Å². The number of aliphatic hydroxyl groups is 4. The van der Waals surface area contributed by atoms with Crippen LogP contribution in [-0.2, 0) is 72.7 Å². The number of rotatable bonds is 14. The van der Waals surface area contributed by atoms with Crippen molar-refractivity contribution in [2.75, 3.05) is 81.8 Å². The average Bonchev–Trinajstić information content (AvgIpc) is 1.55. The van der Waals surface area contributed by atoms with Crippen molar-refractivity contribution in [1.82, 2.24) is 59.6 Å². The Morgan fingerprint density at radius 2 is 0.952 bits per heavy atom. The van der Waals surface area contributed by atoms with Gasteiger partial charge in [-0.3, -0.25) is 62.3 Å². The molecule has 0 aromatic heterocycles. The van der Waals surface area contributed by atoms with Crippen LogP contribution in [0.4, 0.5) is 5.69 Å². The molecular formula is C74H123N13O18. The molecule has 0 bridgehead atoms. The van der Waals surface area contributed by atoms with Gasteiger partial charge in [-0.05, 0) is 76.2 Å². The second kappa shape index (κ2) is 35.6. The van der Waals surface area contributed by atoms with Gasteiger partial charge in [-0.25, -0.2) is 0 Å². The van der Waals surface area contributed by atoms with Crippen LogP contribution < -0.4 is 16.0 Å². The highest BCUT2D eigenvalue weighted by atomic mass is 16.5. The quantitative estimate of drug-likeness (QED) is 0.128. The Labute approximate surface area is 620 Å². The van der Waals surface area contributed by atoms with E-state index in [2.05, 4.69) is 16.0 Å². The molecule has 592 valence electrons. The van der Waals surface area contributed by atoms with Gasteiger partial charge in [0.15, 0.2) is 0 Å². The number of anilines is 1. The number of carbonyl (C=O) groups excluding carboxylic acids is 13. The van der Waals surface area contributed by atoms with Gasteiger partial charge < -0.3 is 90.1 Å². The summed E-state index contributed by atoms with van der Waals surface area (Å²) in [6, 6.07) is -6.51. The van der Waals surface area contributed by atoms with Crippen molar-refractivity contribution in [2.24, 2.45) is 41.4 Å². The lowest BCUT2D eigenvalue weighted by Crippen LogP contribution is -2.65. The van der Waals surface area contributed by atoms with Gasteiger partial charge in [-0.1, -0.05) is 121 Å². The number of nitrogens with zero attached hydrogens (tertiary/aromatic N) is 10.